The fourth-order valence-electron chi connectivity index (χ4n) is 2.46. The smallest absolute Gasteiger partial charge is 0.129 e. The van der Waals surface area contributed by atoms with Crippen LogP contribution < -0.4 is 10.6 Å². The van der Waals surface area contributed by atoms with Crippen molar-refractivity contribution in [3.8, 4) is 0 Å². The number of nitrogens with zero attached hydrogens (tertiary/aromatic N) is 2. The van der Waals surface area contributed by atoms with Gasteiger partial charge in [0.1, 0.15) is 5.82 Å². The second-order valence-electron chi connectivity index (χ2n) is 5.07. The van der Waals surface area contributed by atoms with Crippen LogP contribution in [-0.4, -0.2) is 17.6 Å². The molecule has 1 saturated heterocycles. The third kappa shape index (κ3) is 2.13. The minimum Gasteiger partial charge on any atom is -0.397 e. The Morgan fingerprint density at radius 2 is 2.19 bits per heavy atom. The zero-order valence-electron chi connectivity index (χ0n) is 10.4. The van der Waals surface area contributed by atoms with Crippen LogP contribution in [0.25, 0.3) is 0 Å². The fourth-order valence-corrected chi connectivity index (χ4v) is 2.46. The van der Waals surface area contributed by atoms with Crippen LogP contribution in [0.4, 0.5) is 11.5 Å². The van der Waals surface area contributed by atoms with Crippen molar-refractivity contribution in [1.29, 1.82) is 0 Å². The SMILES string of the molecule is Cc1cc(N2CCC(C)CC2C)ncc1N. The van der Waals surface area contributed by atoms with Gasteiger partial charge >= 0.3 is 0 Å². The van der Waals surface area contributed by atoms with E-state index in [1.165, 1.54) is 12.8 Å². The van der Waals surface area contributed by atoms with Crippen molar-refractivity contribution in [1.82, 2.24) is 4.98 Å². The number of hydrogen-bond acceptors (Lipinski definition) is 3. The Balaban J connectivity index is 2.20. The molecule has 0 radical (unpaired) electrons. The molecule has 2 atom stereocenters. The zero-order chi connectivity index (χ0) is 11.7. The summed E-state index contributed by atoms with van der Waals surface area (Å²) in [6, 6.07) is 2.68. The number of anilines is 2. The van der Waals surface area contributed by atoms with Crippen LogP contribution in [0.5, 0.6) is 0 Å². The highest BCUT2D eigenvalue weighted by Gasteiger charge is 2.23. The van der Waals surface area contributed by atoms with E-state index in [1.807, 2.05) is 6.92 Å². The van der Waals surface area contributed by atoms with Gasteiger partial charge in [0.05, 0.1) is 11.9 Å². The number of aryl methyl sites for hydroxylation is 1. The maximum atomic E-state index is 5.79. The topological polar surface area (TPSA) is 42.2 Å². The van der Waals surface area contributed by atoms with Crippen molar-refractivity contribution in [2.24, 2.45) is 5.92 Å². The highest BCUT2D eigenvalue weighted by atomic mass is 15.2. The lowest BCUT2D eigenvalue weighted by Crippen LogP contribution is -2.40. The molecule has 0 bridgehead atoms. The van der Waals surface area contributed by atoms with Gasteiger partial charge in [0, 0.05) is 12.6 Å². The molecule has 0 aliphatic carbocycles. The first-order chi connectivity index (χ1) is 7.58. The molecule has 3 heteroatoms. The van der Waals surface area contributed by atoms with Crippen molar-refractivity contribution in [3.05, 3.63) is 17.8 Å². The number of nitrogens with two attached hydrogens (primary N) is 1. The molecule has 2 unspecified atom stereocenters. The molecule has 88 valence electrons. The summed E-state index contributed by atoms with van der Waals surface area (Å²) < 4.78 is 0. The number of nitrogen functional groups attached to an aromatic ring is 1. The summed E-state index contributed by atoms with van der Waals surface area (Å²) in [5, 5.41) is 0. The number of aromatic nitrogens is 1. The molecule has 2 rings (SSSR count). The van der Waals surface area contributed by atoms with Gasteiger partial charge in [0.25, 0.3) is 0 Å². The predicted molar refractivity (Wildman–Crippen MR) is 68.6 cm³/mol. The standard InChI is InChI=1S/C13H21N3/c1-9-4-5-16(11(3)6-9)13-7-10(2)12(14)8-15-13/h7-9,11H,4-6,14H2,1-3H3. The average Bonchev–Trinajstić information content (AvgIpc) is 2.22. The Labute approximate surface area is 97.7 Å². The summed E-state index contributed by atoms with van der Waals surface area (Å²) in [6.07, 6.45) is 4.29. The third-order valence-corrected chi connectivity index (χ3v) is 3.57. The lowest BCUT2D eigenvalue weighted by molar-refractivity contribution is 0.376. The maximum absolute atomic E-state index is 5.79. The predicted octanol–water partition coefficient (Wildman–Crippen LogP) is 2.60. The molecular weight excluding hydrogens is 198 g/mol. The molecule has 0 saturated carbocycles. The highest BCUT2D eigenvalue weighted by molar-refractivity contribution is 5.52. The first-order valence-electron chi connectivity index (χ1n) is 6.06. The van der Waals surface area contributed by atoms with Gasteiger partial charge in [0.2, 0.25) is 0 Å². The molecule has 0 aromatic carbocycles. The van der Waals surface area contributed by atoms with E-state index in [9.17, 15) is 0 Å². The van der Waals surface area contributed by atoms with Crippen LogP contribution in [0, 0.1) is 12.8 Å². The minimum atomic E-state index is 0.583. The Kier molecular flexibility index (Phi) is 3.03. The average molecular weight is 219 g/mol. The number of pyridine rings is 1. The van der Waals surface area contributed by atoms with Crippen LogP contribution in [0.15, 0.2) is 12.3 Å². The van der Waals surface area contributed by atoms with Gasteiger partial charge in [-0.05, 0) is 44.2 Å². The van der Waals surface area contributed by atoms with E-state index in [4.69, 9.17) is 5.73 Å². The third-order valence-electron chi connectivity index (χ3n) is 3.57. The van der Waals surface area contributed by atoms with Gasteiger partial charge in [-0.15, -0.1) is 0 Å². The largest absolute Gasteiger partial charge is 0.397 e. The molecule has 1 fully saturated rings. The van der Waals surface area contributed by atoms with Crippen LogP contribution in [-0.2, 0) is 0 Å². The van der Waals surface area contributed by atoms with E-state index < -0.39 is 0 Å². The van der Waals surface area contributed by atoms with Gasteiger partial charge in [-0.3, -0.25) is 0 Å². The van der Waals surface area contributed by atoms with E-state index in [-0.39, 0.29) is 0 Å². The lowest BCUT2D eigenvalue weighted by atomic mass is 9.93. The molecule has 0 amide bonds. The van der Waals surface area contributed by atoms with Crippen molar-refractivity contribution in [3.63, 3.8) is 0 Å². The molecule has 1 aliphatic heterocycles. The molecular formula is C13H21N3. The fraction of sp³-hybridized carbons (Fsp3) is 0.615. The molecule has 2 heterocycles. The van der Waals surface area contributed by atoms with Crippen molar-refractivity contribution in [2.75, 3.05) is 17.2 Å². The minimum absolute atomic E-state index is 0.583. The molecule has 2 N–H and O–H groups in total. The van der Waals surface area contributed by atoms with Crippen molar-refractivity contribution in [2.45, 2.75) is 39.7 Å². The summed E-state index contributed by atoms with van der Waals surface area (Å²) >= 11 is 0. The highest BCUT2D eigenvalue weighted by Crippen LogP contribution is 2.27. The zero-order valence-corrected chi connectivity index (χ0v) is 10.4. The quantitative estimate of drug-likeness (QED) is 0.789. The molecule has 3 nitrogen and oxygen atoms in total. The van der Waals surface area contributed by atoms with Crippen LogP contribution in [0.1, 0.15) is 32.3 Å². The normalized spacial score (nSPS) is 25.8. The maximum Gasteiger partial charge on any atom is 0.129 e. The Bertz CT molecular complexity index is 375. The van der Waals surface area contributed by atoms with E-state index >= 15 is 0 Å². The van der Waals surface area contributed by atoms with Crippen LogP contribution >= 0.6 is 0 Å². The van der Waals surface area contributed by atoms with Crippen LogP contribution in [0.3, 0.4) is 0 Å². The number of rotatable bonds is 1. The van der Waals surface area contributed by atoms with Gasteiger partial charge in [0.15, 0.2) is 0 Å². The first kappa shape index (κ1) is 11.2. The molecule has 1 aliphatic rings. The van der Waals surface area contributed by atoms with E-state index in [0.717, 1.165) is 29.5 Å². The number of piperidine rings is 1. The molecule has 0 spiro atoms. The van der Waals surface area contributed by atoms with Crippen molar-refractivity contribution < 1.29 is 0 Å². The van der Waals surface area contributed by atoms with Crippen molar-refractivity contribution >= 4 is 11.5 Å². The summed E-state index contributed by atoms with van der Waals surface area (Å²) in [6.45, 7) is 7.76. The van der Waals surface area contributed by atoms with E-state index in [2.05, 4.69) is 29.8 Å². The van der Waals surface area contributed by atoms with Gasteiger partial charge in [-0.2, -0.15) is 0 Å². The van der Waals surface area contributed by atoms with E-state index in [1.54, 1.807) is 6.20 Å². The molecule has 16 heavy (non-hydrogen) atoms. The Morgan fingerprint density at radius 1 is 1.44 bits per heavy atom. The van der Waals surface area contributed by atoms with Crippen LogP contribution in [0.2, 0.25) is 0 Å². The summed E-state index contributed by atoms with van der Waals surface area (Å²) in [7, 11) is 0. The number of hydrogen-bond donors (Lipinski definition) is 1. The van der Waals surface area contributed by atoms with Gasteiger partial charge in [-0.1, -0.05) is 6.92 Å². The molecule has 1 aromatic heterocycles. The second kappa shape index (κ2) is 4.32. The molecule has 1 aromatic rings. The first-order valence-corrected chi connectivity index (χ1v) is 6.06. The van der Waals surface area contributed by atoms with Gasteiger partial charge < -0.3 is 10.6 Å². The lowest BCUT2D eigenvalue weighted by Gasteiger charge is -2.37. The second-order valence-corrected chi connectivity index (χ2v) is 5.07. The Hall–Kier alpha value is -1.25. The summed E-state index contributed by atoms with van der Waals surface area (Å²) in [5.74, 6) is 1.91. The Morgan fingerprint density at radius 3 is 2.81 bits per heavy atom. The van der Waals surface area contributed by atoms with Gasteiger partial charge in [-0.25, -0.2) is 4.98 Å². The summed E-state index contributed by atoms with van der Waals surface area (Å²) in [4.78, 5) is 6.83. The monoisotopic (exact) mass is 219 g/mol. The van der Waals surface area contributed by atoms with E-state index in [0.29, 0.717) is 6.04 Å². The summed E-state index contributed by atoms with van der Waals surface area (Å²) in [5.41, 5.74) is 7.69.